The molecule has 28 heavy (non-hydrogen) atoms. The van der Waals surface area contributed by atoms with Crippen molar-refractivity contribution < 1.29 is 22.7 Å². The standard InChI is InChI=1S/C18H19F3N4O3/c19-18(20,21)14-3-1-4-15(23-14)28-12-13-6-9-24(10-7-13)17(27)11-25-16(26)5-2-8-22-25/h1-5,8,13H,6-7,9-12H2. The number of carbonyl (C=O) groups is 1. The molecular formula is C18H19F3N4O3. The number of carbonyl (C=O) groups excluding carboxylic acids is 1. The van der Waals surface area contributed by atoms with Crippen molar-refractivity contribution in [3.63, 3.8) is 0 Å². The van der Waals surface area contributed by atoms with Gasteiger partial charge in [0.25, 0.3) is 5.56 Å². The first-order valence-corrected chi connectivity index (χ1v) is 8.80. The van der Waals surface area contributed by atoms with Crippen LogP contribution in [0.15, 0.2) is 41.3 Å². The van der Waals surface area contributed by atoms with Gasteiger partial charge in [0, 0.05) is 31.4 Å². The fourth-order valence-electron chi connectivity index (χ4n) is 2.94. The van der Waals surface area contributed by atoms with Crippen LogP contribution in [0.1, 0.15) is 18.5 Å². The van der Waals surface area contributed by atoms with Crippen LogP contribution < -0.4 is 10.3 Å². The molecule has 150 valence electrons. The predicted octanol–water partition coefficient (Wildman–Crippen LogP) is 1.97. The number of likely N-dealkylation sites (tertiary alicyclic amines) is 1. The van der Waals surface area contributed by atoms with Gasteiger partial charge in [-0.3, -0.25) is 9.59 Å². The van der Waals surface area contributed by atoms with Crippen molar-refractivity contribution in [3.05, 3.63) is 52.6 Å². The highest BCUT2D eigenvalue weighted by molar-refractivity contribution is 5.75. The van der Waals surface area contributed by atoms with Gasteiger partial charge in [-0.25, -0.2) is 9.67 Å². The normalized spacial score (nSPS) is 15.5. The molecule has 3 heterocycles. The lowest BCUT2D eigenvalue weighted by Gasteiger charge is -2.31. The maximum Gasteiger partial charge on any atom is 0.433 e. The molecule has 1 aliphatic rings. The molecule has 0 atom stereocenters. The molecule has 0 N–H and O–H groups in total. The van der Waals surface area contributed by atoms with Crippen LogP contribution in [0, 0.1) is 5.92 Å². The molecule has 10 heteroatoms. The molecule has 0 aliphatic carbocycles. The van der Waals surface area contributed by atoms with Gasteiger partial charge in [0.05, 0.1) is 6.61 Å². The number of pyridine rings is 1. The average Bonchev–Trinajstić information content (AvgIpc) is 2.68. The van der Waals surface area contributed by atoms with E-state index in [4.69, 9.17) is 4.74 Å². The second-order valence-corrected chi connectivity index (χ2v) is 6.51. The van der Waals surface area contributed by atoms with E-state index >= 15 is 0 Å². The first kappa shape index (κ1) is 19.8. The van der Waals surface area contributed by atoms with Crippen LogP contribution in [0.5, 0.6) is 5.88 Å². The number of ether oxygens (including phenoxy) is 1. The van der Waals surface area contributed by atoms with E-state index in [0.717, 1.165) is 10.7 Å². The first-order chi connectivity index (χ1) is 13.3. The van der Waals surface area contributed by atoms with Crippen LogP contribution in [-0.2, 0) is 17.5 Å². The van der Waals surface area contributed by atoms with Crippen molar-refractivity contribution in [2.45, 2.75) is 25.6 Å². The maximum absolute atomic E-state index is 12.7. The Morgan fingerprint density at radius 1 is 1.18 bits per heavy atom. The van der Waals surface area contributed by atoms with Crippen LogP contribution in [0.2, 0.25) is 0 Å². The number of nitrogens with zero attached hydrogens (tertiary/aromatic N) is 4. The highest BCUT2D eigenvalue weighted by Crippen LogP contribution is 2.29. The lowest BCUT2D eigenvalue weighted by molar-refractivity contribution is -0.141. The number of amides is 1. The number of alkyl halides is 3. The van der Waals surface area contributed by atoms with Crippen molar-refractivity contribution in [1.29, 1.82) is 0 Å². The Labute approximate surface area is 158 Å². The second-order valence-electron chi connectivity index (χ2n) is 6.51. The smallest absolute Gasteiger partial charge is 0.433 e. The fourth-order valence-corrected chi connectivity index (χ4v) is 2.94. The Hall–Kier alpha value is -2.91. The van der Waals surface area contributed by atoms with Crippen molar-refractivity contribution in [3.8, 4) is 5.88 Å². The van der Waals surface area contributed by atoms with Gasteiger partial charge < -0.3 is 9.64 Å². The van der Waals surface area contributed by atoms with E-state index in [1.165, 1.54) is 30.5 Å². The summed E-state index contributed by atoms with van der Waals surface area (Å²) >= 11 is 0. The summed E-state index contributed by atoms with van der Waals surface area (Å²) in [6.45, 7) is 1.10. The monoisotopic (exact) mass is 396 g/mol. The van der Waals surface area contributed by atoms with E-state index in [9.17, 15) is 22.8 Å². The highest BCUT2D eigenvalue weighted by Gasteiger charge is 2.32. The molecule has 2 aromatic heterocycles. The molecule has 0 bridgehead atoms. The number of halogens is 3. The highest BCUT2D eigenvalue weighted by atomic mass is 19.4. The predicted molar refractivity (Wildman–Crippen MR) is 92.5 cm³/mol. The Bertz CT molecular complexity index is 877. The average molecular weight is 396 g/mol. The van der Waals surface area contributed by atoms with E-state index in [1.807, 2.05) is 0 Å². The van der Waals surface area contributed by atoms with Gasteiger partial charge in [0.1, 0.15) is 12.2 Å². The topological polar surface area (TPSA) is 77.3 Å². The number of piperidine rings is 1. The SMILES string of the molecule is O=C(Cn1ncccc1=O)N1CCC(COc2cccc(C(F)(F)F)n2)CC1. The zero-order valence-electron chi connectivity index (χ0n) is 14.9. The molecule has 1 aliphatic heterocycles. The third-order valence-corrected chi connectivity index (χ3v) is 4.52. The van der Waals surface area contributed by atoms with E-state index in [-0.39, 0.29) is 36.4 Å². The van der Waals surface area contributed by atoms with Gasteiger partial charge in [-0.2, -0.15) is 18.3 Å². The molecule has 0 aromatic carbocycles. The molecule has 0 unspecified atom stereocenters. The molecule has 2 aromatic rings. The van der Waals surface area contributed by atoms with E-state index < -0.39 is 11.9 Å². The molecular weight excluding hydrogens is 377 g/mol. The van der Waals surface area contributed by atoms with Crippen molar-refractivity contribution in [2.75, 3.05) is 19.7 Å². The minimum atomic E-state index is -4.51. The molecule has 0 radical (unpaired) electrons. The third kappa shape index (κ3) is 5.08. The molecule has 0 spiro atoms. The van der Waals surface area contributed by atoms with E-state index in [0.29, 0.717) is 25.9 Å². The van der Waals surface area contributed by atoms with Gasteiger partial charge in [0.2, 0.25) is 11.8 Å². The summed E-state index contributed by atoms with van der Waals surface area (Å²) in [6, 6.07) is 6.38. The molecule has 7 nitrogen and oxygen atoms in total. The summed E-state index contributed by atoms with van der Waals surface area (Å²) in [4.78, 5) is 29.1. The van der Waals surface area contributed by atoms with Crippen molar-refractivity contribution in [1.82, 2.24) is 19.7 Å². The van der Waals surface area contributed by atoms with Gasteiger partial charge in [-0.05, 0) is 30.9 Å². The van der Waals surface area contributed by atoms with Gasteiger partial charge in [-0.1, -0.05) is 6.07 Å². The number of aromatic nitrogens is 3. The fraction of sp³-hybridized carbons (Fsp3) is 0.444. The Morgan fingerprint density at radius 2 is 1.93 bits per heavy atom. The lowest BCUT2D eigenvalue weighted by atomic mass is 9.98. The van der Waals surface area contributed by atoms with Crippen LogP contribution in [0.3, 0.4) is 0 Å². The number of hydrogen-bond acceptors (Lipinski definition) is 5. The van der Waals surface area contributed by atoms with Crippen LogP contribution >= 0.6 is 0 Å². The molecule has 1 saturated heterocycles. The molecule has 1 amide bonds. The molecule has 0 saturated carbocycles. The molecule has 1 fully saturated rings. The summed E-state index contributed by atoms with van der Waals surface area (Å²) in [7, 11) is 0. The first-order valence-electron chi connectivity index (χ1n) is 8.80. The summed E-state index contributed by atoms with van der Waals surface area (Å²) in [5.41, 5.74) is -1.33. The summed E-state index contributed by atoms with van der Waals surface area (Å²) < 4.78 is 44.6. The van der Waals surface area contributed by atoms with Gasteiger partial charge in [-0.15, -0.1) is 0 Å². The zero-order chi connectivity index (χ0) is 20.1. The van der Waals surface area contributed by atoms with Crippen LogP contribution in [-0.4, -0.2) is 45.3 Å². The quantitative estimate of drug-likeness (QED) is 0.772. The van der Waals surface area contributed by atoms with E-state index in [1.54, 1.807) is 4.90 Å². The second kappa shape index (κ2) is 8.41. The minimum Gasteiger partial charge on any atom is -0.477 e. The van der Waals surface area contributed by atoms with Crippen LogP contribution in [0.25, 0.3) is 0 Å². The number of hydrogen-bond donors (Lipinski definition) is 0. The van der Waals surface area contributed by atoms with Crippen molar-refractivity contribution in [2.24, 2.45) is 5.92 Å². The van der Waals surface area contributed by atoms with E-state index in [2.05, 4.69) is 10.1 Å². The summed E-state index contributed by atoms with van der Waals surface area (Å²) in [5, 5.41) is 3.87. The zero-order valence-corrected chi connectivity index (χ0v) is 14.9. The largest absolute Gasteiger partial charge is 0.477 e. The van der Waals surface area contributed by atoms with Crippen molar-refractivity contribution >= 4 is 5.91 Å². The minimum absolute atomic E-state index is 0.0668. The van der Waals surface area contributed by atoms with Gasteiger partial charge >= 0.3 is 6.18 Å². The third-order valence-electron chi connectivity index (χ3n) is 4.52. The number of rotatable bonds is 5. The van der Waals surface area contributed by atoms with Gasteiger partial charge in [0.15, 0.2) is 0 Å². The Morgan fingerprint density at radius 3 is 2.61 bits per heavy atom. The summed E-state index contributed by atoms with van der Waals surface area (Å²) in [5.74, 6) is -0.152. The Kier molecular flexibility index (Phi) is 5.96. The maximum atomic E-state index is 12.7. The Balaban J connectivity index is 1.47. The molecule has 3 rings (SSSR count). The van der Waals surface area contributed by atoms with Crippen LogP contribution in [0.4, 0.5) is 13.2 Å². The lowest BCUT2D eigenvalue weighted by Crippen LogP contribution is -2.42. The summed E-state index contributed by atoms with van der Waals surface area (Å²) in [6.07, 6.45) is -1.76.